The van der Waals surface area contributed by atoms with E-state index in [1.165, 1.54) is 36.5 Å². The highest BCUT2D eigenvalue weighted by molar-refractivity contribution is 5.81. The summed E-state index contributed by atoms with van der Waals surface area (Å²) in [4.78, 5) is 10.5. The lowest BCUT2D eigenvalue weighted by Gasteiger charge is -2.32. The van der Waals surface area contributed by atoms with Gasteiger partial charge in [0.2, 0.25) is 0 Å². The summed E-state index contributed by atoms with van der Waals surface area (Å²) < 4.78 is 0. The van der Waals surface area contributed by atoms with Gasteiger partial charge in [0, 0.05) is 6.08 Å². The molecule has 2 N–H and O–H groups in total. The van der Waals surface area contributed by atoms with Gasteiger partial charge in [0.1, 0.15) is 0 Å². The highest BCUT2D eigenvalue weighted by Crippen LogP contribution is 2.40. The Balaban J connectivity index is 0.00000178. The summed E-state index contributed by atoms with van der Waals surface area (Å²) in [6.07, 6.45) is 15.0. The van der Waals surface area contributed by atoms with Gasteiger partial charge in [-0.1, -0.05) is 55.4 Å². The molecule has 0 amide bonds. The number of carbonyl (C=O) groups is 1. The molecule has 0 atom stereocenters. The van der Waals surface area contributed by atoms with Crippen LogP contribution in [0.2, 0.25) is 0 Å². The van der Waals surface area contributed by atoms with Gasteiger partial charge in [-0.05, 0) is 69.0 Å². The second-order valence-corrected chi connectivity index (χ2v) is 6.94. The third kappa shape index (κ3) is 9.49. The number of hydrogen-bond donors (Lipinski definition) is 2. The molecule has 0 heterocycles. The van der Waals surface area contributed by atoms with Crippen LogP contribution in [0.4, 0.5) is 0 Å². The predicted octanol–water partition coefficient (Wildman–Crippen LogP) is 6.02. The van der Waals surface area contributed by atoms with Crippen LogP contribution in [0.15, 0.2) is 65.3 Å². The molecule has 1 aliphatic rings. The lowest BCUT2D eigenvalue weighted by atomic mass is 9.72. The SMILES string of the molecule is C=C=N.CC1=C(/C=C/C(C)=C/C=C/C(C)=C/C(=O)O)C(C)(C)CCC1. The van der Waals surface area contributed by atoms with Crippen molar-refractivity contribution in [1.82, 2.24) is 0 Å². The van der Waals surface area contributed by atoms with E-state index in [-0.39, 0.29) is 5.41 Å². The van der Waals surface area contributed by atoms with Crippen molar-refractivity contribution in [3.63, 3.8) is 0 Å². The van der Waals surface area contributed by atoms with Crippen LogP contribution in [0.1, 0.15) is 53.9 Å². The van der Waals surface area contributed by atoms with Crippen LogP contribution in [0.25, 0.3) is 0 Å². The first-order valence-corrected chi connectivity index (χ1v) is 8.47. The van der Waals surface area contributed by atoms with Gasteiger partial charge in [-0.2, -0.15) is 0 Å². The Labute approximate surface area is 152 Å². The van der Waals surface area contributed by atoms with Crippen molar-refractivity contribution in [2.45, 2.75) is 53.9 Å². The fourth-order valence-corrected chi connectivity index (χ4v) is 2.88. The van der Waals surface area contributed by atoms with Gasteiger partial charge in [-0.15, -0.1) is 0 Å². The van der Waals surface area contributed by atoms with Crippen molar-refractivity contribution in [3.05, 3.63) is 65.3 Å². The first-order chi connectivity index (χ1) is 11.6. The molecule has 0 radical (unpaired) electrons. The quantitative estimate of drug-likeness (QED) is 0.365. The van der Waals surface area contributed by atoms with E-state index >= 15 is 0 Å². The number of nitrogens with one attached hydrogen (secondary N) is 1. The lowest BCUT2D eigenvalue weighted by Crippen LogP contribution is -2.19. The van der Waals surface area contributed by atoms with E-state index in [1.54, 1.807) is 18.9 Å². The van der Waals surface area contributed by atoms with E-state index in [0.29, 0.717) is 0 Å². The minimum absolute atomic E-state index is 0.260. The molecule has 0 saturated carbocycles. The van der Waals surface area contributed by atoms with Crippen molar-refractivity contribution in [2.75, 3.05) is 0 Å². The van der Waals surface area contributed by atoms with Gasteiger partial charge in [0.25, 0.3) is 0 Å². The maximum Gasteiger partial charge on any atom is 0.328 e. The topological polar surface area (TPSA) is 61.2 Å². The van der Waals surface area contributed by atoms with Crippen molar-refractivity contribution in [3.8, 4) is 0 Å². The molecule has 0 fully saturated rings. The van der Waals surface area contributed by atoms with Gasteiger partial charge in [0.15, 0.2) is 0 Å². The van der Waals surface area contributed by atoms with E-state index in [1.807, 2.05) is 12.2 Å². The summed E-state index contributed by atoms with van der Waals surface area (Å²) in [5.41, 5.74) is 5.09. The van der Waals surface area contributed by atoms with Crippen molar-refractivity contribution in [2.24, 2.45) is 5.41 Å². The van der Waals surface area contributed by atoms with Gasteiger partial charge in [0.05, 0.1) is 0 Å². The van der Waals surface area contributed by atoms with E-state index in [9.17, 15) is 4.79 Å². The van der Waals surface area contributed by atoms with E-state index in [2.05, 4.69) is 46.4 Å². The Morgan fingerprint density at radius 2 is 1.88 bits per heavy atom. The van der Waals surface area contributed by atoms with E-state index in [4.69, 9.17) is 10.5 Å². The molecule has 0 unspecified atom stereocenters. The minimum atomic E-state index is -0.912. The standard InChI is InChI=1S/C20H28O2.C2H3N/c1-15(8-6-9-16(2)14-19(21)22)11-12-18-17(3)10-7-13-20(18,4)5;1-2-3/h6,8-9,11-12,14H,7,10,13H2,1-5H3,(H,21,22);3H,1H2/b9-6+,12-11+,15-8+,16-14+;. The zero-order valence-corrected chi connectivity index (χ0v) is 16.1. The highest BCUT2D eigenvalue weighted by Gasteiger charge is 2.26. The maximum absolute atomic E-state index is 10.5. The number of carboxylic acids is 1. The summed E-state index contributed by atoms with van der Waals surface area (Å²) in [5, 5.41) is 14.5. The van der Waals surface area contributed by atoms with Crippen LogP contribution < -0.4 is 0 Å². The molecule has 3 nitrogen and oxygen atoms in total. The molecule has 1 aliphatic carbocycles. The molecule has 0 aromatic heterocycles. The monoisotopic (exact) mass is 341 g/mol. The Hall–Kier alpha value is -2.38. The summed E-state index contributed by atoms with van der Waals surface area (Å²) in [5.74, 6) is 0.838. The van der Waals surface area contributed by atoms with E-state index < -0.39 is 5.97 Å². The van der Waals surface area contributed by atoms with Crippen LogP contribution in [0, 0.1) is 10.8 Å². The maximum atomic E-state index is 10.5. The first-order valence-electron chi connectivity index (χ1n) is 8.47. The smallest absolute Gasteiger partial charge is 0.328 e. The largest absolute Gasteiger partial charge is 0.478 e. The molecular weight excluding hydrogens is 310 g/mol. The Bertz CT molecular complexity index is 650. The number of carboxylic acid groups (broad SMARTS) is 1. The Morgan fingerprint density at radius 3 is 2.40 bits per heavy atom. The Morgan fingerprint density at radius 1 is 1.28 bits per heavy atom. The first kappa shape index (κ1) is 22.6. The van der Waals surface area contributed by atoms with Crippen LogP contribution in [-0.2, 0) is 4.79 Å². The average molecular weight is 341 g/mol. The van der Waals surface area contributed by atoms with Crippen LogP contribution in [0.3, 0.4) is 0 Å². The molecular formula is C22H31NO2. The van der Waals surface area contributed by atoms with Crippen LogP contribution >= 0.6 is 0 Å². The molecule has 0 saturated heterocycles. The number of hydrogen-bond acceptors (Lipinski definition) is 2. The summed E-state index contributed by atoms with van der Waals surface area (Å²) in [6.45, 7) is 13.6. The average Bonchev–Trinajstić information content (AvgIpc) is 2.46. The highest BCUT2D eigenvalue weighted by atomic mass is 16.4. The molecule has 25 heavy (non-hydrogen) atoms. The number of rotatable bonds is 5. The zero-order chi connectivity index (χ0) is 19.5. The van der Waals surface area contributed by atoms with Gasteiger partial charge >= 0.3 is 5.97 Å². The molecule has 0 aromatic carbocycles. The summed E-state index contributed by atoms with van der Waals surface area (Å²) in [7, 11) is 0. The molecule has 136 valence electrons. The molecule has 0 aliphatic heterocycles. The second kappa shape index (κ2) is 11.2. The molecule has 3 heteroatoms. The fourth-order valence-electron chi connectivity index (χ4n) is 2.88. The van der Waals surface area contributed by atoms with Crippen molar-refractivity contribution in [1.29, 1.82) is 5.41 Å². The third-order valence-corrected chi connectivity index (χ3v) is 4.12. The zero-order valence-electron chi connectivity index (χ0n) is 16.1. The summed E-state index contributed by atoms with van der Waals surface area (Å²) in [6, 6.07) is 0. The van der Waals surface area contributed by atoms with Crippen molar-refractivity contribution < 1.29 is 9.90 Å². The van der Waals surface area contributed by atoms with Crippen molar-refractivity contribution >= 4 is 11.8 Å². The third-order valence-electron chi connectivity index (χ3n) is 4.12. The van der Waals surface area contributed by atoms with Crippen LogP contribution in [-0.4, -0.2) is 16.9 Å². The van der Waals surface area contributed by atoms with Gasteiger partial charge < -0.3 is 5.11 Å². The van der Waals surface area contributed by atoms with E-state index in [0.717, 1.165) is 11.1 Å². The minimum Gasteiger partial charge on any atom is -0.478 e. The second-order valence-electron chi connectivity index (χ2n) is 6.94. The lowest BCUT2D eigenvalue weighted by molar-refractivity contribution is -0.131. The Kier molecular flexibility index (Phi) is 10.2. The molecule has 0 spiro atoms. The summed E-state index contributed by atoms with van der Waals surface area (Å²) >= 11 is 0. The van der Waals surface area contributed by atoms with Crippen LogP contribution in [0.5, 0.6) is 0 Å². The van der Waals surface area contributed by atoms with Gasteiger partial charge in [-0.3, -0.25) is 5.41 Å². The van der Waals surface area contributed by atoms with Gasteiger partial charge in [-0.25, -0.2) is 4.79 Å². The fraction of sp³-hybridized carbons (Fsp3) is 0.409. The number of aliphatic carboxylic acids is 1. The normalized spacial score (nSPS) is 18.1. The molecule has 0 bridgehead atoms. The molecule has 1 rings (SSSR count). The number of allylic oxidation sites excluding steroid dienone is 9. The molecule has 0 aromatic rings. The predicted molar refractivity (Wildman–Crippen MR) is 107 cm³/mol.